The molecule has 1 atom stereocenters. The van der Waals surface area contributed by atoms with Gasteiger partial charge in [-0.2, -0.15) is 0 Å². The number of hydrogen-bond donors (Lipinski definition) is 2. The van der Waals surface area contributed by atoms with Crippen LogP contribution >= 0.6 is 0 Å². The van der Waals surface area contributed by atoms with Crippen molar-refractivity contribution in [3.63, 3.8) is 0 Å². The Kier molecular flexibility index (Phi) is 5.45. The molecule has 0 aliphatic heterocycles. The SMILES string of the molecule is CCOc1ccc(OCC)c(C(N)CC(N)=O)c1. The van der Waals surface area contributed by atoms with Gasteiger partial charge < -0.3 is 20.9 Å². The highest BCUT2D eigenvalue weighted by atomic mass is 16.5. The smallest absolute Gasteiger partial charge is 0.219 e. The number of nitrogens with two attached hydrogens (primary N) is 2. The molecule has 0 aliphatic carbocycles. The number of benzene rings is 1. The zero-order chi connectivity index (χ0) is 13.5. The number of hydrogen-bond acceptors (Lipinski definition) is 4. The summed E-state index contributed by atoms with van der Waals surface area (Å²) in [6, 6.07) is 4.92. The minimum atomic E-state index is -0.482. The van der Waals surface area contributed by atoms with E-state index in [4.69, 9.17) is 20.9 Å². The Balaban J connectivity index is 3.01. The lowest BCUT2D eigenvalue weighted by Crippen LogP contribution is -2.21. The fourth-order valence-corrected chi connectivity index (χ4v) is 1.69. The van der Waals surface area contributed by atoms with Crippen molar-refractivity contribution in [1.82, 2.24) is 0 Å². The highest BCUT2D eigenvalue weighted by molar-refractivity contribution is 5.74. The van der Waals surface area contributed by atoms with E-state index < -0.39 is 11.9 Å². The lowest BCUT2D eigenvalue weighted by molar-refractivity contribution is -0.118. The van der Waals surface area contributed by atoms with Gasteiger partial charge >= 0.3 is 0 Å². The molecule has 100 valence electrons. The molecule has 1 rings (SSSR count). The minimum absolute atomic E-state index is 0.0790. The molecular weight excluding hydrogens is 232 g/mol. The number of rotatable bonds is 7. The molecular formula is C13H20N2O3. The molecule has 0 bridgehead atoms. The van der Waals surface area contributed by atoms with E-state index >= 15 is 0 Å². The van der Waals surface area contributed by atoms with Crippen LogP contribution in [0.15, 0.2) is 18.2 Å². The average molecular weight is 252 g/mol. The first-order chi connectivity index (χ1) is 8.58. The van der Waals surface area contributed by atoms with Crippen molar-refractivity contribution >= 4 is 5.91 Å². The van der Waals surface area contributed by atoms with Crippen molar-refractivity contribution in [2.75, 3.05) is 13.2 Å². The van der Waals surface area contributed by atoms with Gasteiger partial charge in [-0.1, -0.05) is 0 Å². The van der Waals surface area contributed by atoms with Gasteiger partial charge in [-0.3, -0.25) is 4.79 Å². The van der Waals surface area contributed by atoms with Crippen LogP contribution in [0.4, 0.5) is 0 Å². The third kappa shape index (κ3) is 3.92. The maximum absolute atomic E-state index is 10.9. The molecule has 0 aliphatic rings. The molecule has 0 radical (unpaired) electrons. The molecule has 5 heteroatoms. The van der Waals surface area contributed by atoms with Gasteiger partial charge in [0.05, 0.1) is 13.2 Å². The Labute approximate surface area is 107 Å². The molecule has 0 saturated heterocycles. The maximum Gasteiger partial charge on any atom is 0.219 e. The summed E-state index contributed by atoms with van der Waals surface area (Å²) in [5.74, 6) is 0.928. The summed E-state index contributed by atoms with van der Waals surface area (Å²) in [7, 11) is 0. The van der Waals surface area contributed by atoms with Crippen molar-refractivity contribution < 1.29 is 14.3 Å². The molecule has 1 unspecified atom stereocenters. The lowest BCUT2D eigenvalue weighted by Gasteiger charge is -2.16. The van der Waals surface area contributed by atoms with Crippen LogP contribution < -0.4 is 20.9 Å². The molecule has 0 saturated carbocycles. The van der Waals surface area contributed by atoms with Gasteiger partial charge in [0.15, 0.2) is 0 Å². The van der Waals surface area contributed by atoms with Crippen LogP contribution in [0.1, 0.15) is 31.9 Å². The van der Waals surface area contributed by atoms with Gasteiger partial charge in [0.1, 0.15) is 11.5 Å². The highest BCUT2D eigenvalue weighted by Gasteiger charge is 2.15. The molecule has 1 aromatic rings. The Morgan fingerprint density at radius 3 is 2.50 bits per heavy atom. The second kappa shape index (κ2) is 6.86. The number of ether oxygens (including phenoxy) is 2. The fraction of sp³-hybridized carbons (Fsp3) is 0.462. The standard InChI is InChI=1S/C13H20N2O3/c1-3-17-9-5-6-12(18-4-2)10(7-9)11(14)8-13(15)16/h5-7,11H,3-4,8,14H2,1-2H3,(H2,15,16). The number of carbonyl (C=O) groups excluding carboxylic acids is 1. The molecule has 0 aromatic heterocycles. The predicted molar refractivity (Wildman–Crippen MR) is 69.5 cm³/mol. The van der Waals surface area contributed by atoms with Crippen LogP contribution in [0, 0.1) is 0 Å². The van der Waals surface area contributed by atoms with Gasteiger partial charge in [-0.15, -0.1) is 0 Å². The summed E-state index contributed by atoms with van der Waals surface area (Å²) in [5.41, 5.74) is 11.9. The Morgan fingerprint density at radius 2 is 1.94 bits per heavy atom. The molecule has 0 spiro atoms. The van der Waals surface area contributed by atoms with Crippen LogP contribution in [0.25, 0.3) is 0 Å². The second-order valence-electron chi connectivity index (χ2n) is 3.84. The van der Waals surface area contributed by atoms with E-state index in [9.17, 15) is 4.79 Å². The van der Waals surface area contributed by atoms with Crippen LogP contribution in [0.2, 0.25) is 0 Å². The number of carbonyl (C=O) groups is 1. The van der Waals surface area contributed by atoms with Crippen molar-refractivity contribution in [2.24, 2.45) is 11.5 Å². The normalized spacial score (nSPS) is 11.9. The molecule has 18 heavy (non-hydrogen) atoms. The second-order valence-corrected chi connectivity index (χ2v) is 3.84. The minimum Gasteiger partial charge on any atom is -0.494 e. The largest absolute Gasteiger partial charge is 0.494 e. The summed E-state index contributed by atoms with van der Waals surface area (Å²) in [6.07, 6.45) is 0.0790. The van der Waals surface area contributed by atoms with Crippen molar-refractivity contribution in [3.05, 3.63) is 23.8 Å². The topological polar surface area (TPSA) is 87.6 Å². The number of primary amides is 1. The summed E-state index contributed by atoms with van der Waals surface area (Å²) in [4.78, 5) is 10.9. The molecule has 1 amide bonds. The summed E-state index contributed by atoms with van der Waals surface area (Å²) < 4.78 is 10.9. The average Bonchev–Trinajstić information content (AvgIpc) is 2.30. The quantitative estimate of drug-likeness (QED) is 0.767. The van der Waals surface area contributed by atoms with Crippen LogP contribution in [0.5, 0.6) is 11.5 Å². The van der Waals surface area contributed by atoms with Crippen molar-refractivity contribution in [3.8, 4) is 11.5 Å². The maximum atomic E-state index is 10.9. The molecule has 0 fully saturated rings. The summed E-state index contributed by atoms with van der Waals surface area (Å²) in [5, 5.41) is 0. The van der Waals surface area contributed by atoms with E-state index in [0.29, 0.717) is 24.7 Å². The van der Waals surface area contributed by atoms with Gasteiger partial charge in [0, 0.05) is 18.0 Å². The van der Waals surface area contributed by atoms with E-state index in [1.165, 1.54) is 0 Å². The van der Waals surface area contributed by atoms with Crippen molar-refractivity contribution in [1.29, 1.82) is 0 Å². The Bertz CT molecular complexity index is 407. The van der Waals surface area contributed by atoms with E-state index in [-0.39, 0.29) is 6.42 Å². The van der Waals surface area contributed by atoms with E-state index in [1.54, 1.807) is 12.1 Å². The summed E-state index contributed by atoms with van der Waals surface area (Å²) >= 11 is 0. The van der Waals surface area contributed by atoms with Crippen LogP contribution in [-0.4, -0.2) is 19.1 Å². The zero-order valence-corrected chi connectivity index (χ0v) is 10.8. The highest BCUT2D eigenvalue weighted by Crippen LogP contribution is 2.30. The van der Waals surface area contributed by atoms with Gasteiger partial charge in [-0.25, -0.2) is 0 Å². The monoisotopic (exact) mass is 252 g/mol. The first kappa shape index (κ1) is 14.3. The first-order valence-corrected chi connectivity index (χ1v) is 6.01. The lowest BCUT2D eigenvalue weighted by atomic mass is 10.0. The van der Waals surface area contributed by atoms with Gasteiger partial charge in [0.25, 0.3) is 0 Å². The van der Waals surface area contributed by atoms with Crippen molar-refractivity contribution in [2.45, 2.75) is 26.3 Å². The molecule has 5 nitrogen and oxygen atoms in total. The predicted octanol–water partition coefficient (Wildman–Crippen LogP) is 1.36. The van der Waals surface area contributed by atoms with Gasteiger partial charge in [0.2, 0.25) is 5.91 Å². The third-order valence-corrected chi connectivity index (χ3v) is 2.41. The van der Waals surface area contributed by atoms with Crippen LogP contribution in [0.3, 0.4) is 0 Å². The Hall–Kier alpha value is -1.75. The van der Waals surface area contributed by atoms with E-state index in [0.717, 1.165) is 5.56 Å². The van der Waals surface area contributed by atoms with Crippen LogP contribution in [-0.2, 0) is 4.79 Å². The molecule has 0 heterocycles. The Morgan fingerprint density at radius 1 is 1.28 bits per heavy atom. The number of amides is 1. The third-order valence-electron chi connectivity index (χ3n) is 2.41. The summed E-state index contributed by atoms with van der Waals surface area (Å²) in [6.45, 7) is 4.89. The molecule has 4 N–H and O–H groups in total. The van der Waals surface area contributed by atoms with E-state index in [1.807, 2.05) is 19.9 Å². The first-order valence-electron chi connectivity index (χ1n) is 6.01. The zero-order valence-electron chi connectivity index (χ0n) is 10.8. The molecule has 1 aromatic carbocycles. The van der Waals surface area contributed by atoms with E-state index in [2.05, 4.69) is 0 Å². The van der Waals surface area contributed by atoms with Gasteiger partial charge in [-0.05, 0) is 32.0 Å². The fourth-order valence-electron chi connectivity index (χ4n) is 1.69.